The molecule has 12 heteroatoms. The molecule has 1 amide bonds. The average molecular weight is 580 g/mol. The van der Waals surface area contributed by atoms with Crippen molar-refractivity contribution < 1.29 is 22.7 Å². The van der Waals surface area contributed by atoms with E-state index in [0.717, 1.165) is 36.7 Å². The molecule has 0 saturated carbocycles. The van der Waals surface area contributed by atoms with Crippen molar-refractivity contribution in [2.45, 2.75) is 43.8 Å². The fraction of sp³-hybridized carbons (Fsp3) is 0.433. The van der Waals surface area contributed by atoms with Gasteiger partial charge < -0.3 is 19.9 Å². The number of carbonyl (C=O) groups is 1. The maximum atomic E-state index is 14.0. The van der Waals surface area contributed by atoms with Crippen LogP contribution in [-0.4, -0.2) is 71.6 Å². The van der Waals surface area contributed by atoms with Crippen molar-refractivity contribution >= 4 is 11.6 Å². The van der Waals surface area contributed by atoms with E-state index in [9.17, 15) is 23.2 Å². The summed E-state index contributed by atoms with van der Waals surface area (Å²) in [5, 5.41) is 12.8. The minimum atomic E-state index is -4.65. The fourth-order valence-electron chi connectivity index (χ4n) is 5.77. The summed E-state index contributed by atoms with van der Waals surface area (Å²) in [6.07, 6.45) is 0.336. The van der Waals surface area contributed by atoms with Crippen molar-refractivity contribution in [2.24, 2.45) is 0 Å². The Balaban J connectivity index is 1.44. The predicted octanol–water partition coefficient (Wildman–Crippen LogP) is 4.19. The van der Waals surface area contributed by atoms with E-state index in [0.29, 0.717) is 49.8 Å². The average Bonchev–Trinajstić information content (AvgIpc) is 3.41. The van der Waals surface area contributed by atoms with Crippen LogP contribution in [0.5, 0.6) is 5.88 Å². The highest BCUT2D eigenvalue weighted by Crippen LogP contribution is 2.39. The number of pyridine rings is 3. The number of nitrogens with zero attached hydrogens (tertiary/aromatic N) is 6. The molecule has 1 N–H and O–H groups in total. The zero-order valence-electron chi connectivity index (χ0n) is 23.5. The number of nitriles is 1. The van der Waals surface area contributed by atoms with E-state index in [4.69, 9.17) is 9.72 Å². The monoisotopic (exact) mass is 579 g/mol. The van der Waals surface area contributed by atoms with Gasteiger partial charge in [0.25, 0.3) is 0 Å². The molecule has 3 aromatic rings. The highest BCUT2D eigenvalue weighted by Gasteiger charge is 2.45. The van der Waals surface area contributed by atoms with Gasteiger partial charge in [-0.3, -0.25) is 9.78 Å². The number of alkyl halides is 3. The van der Waals surface area contributed by atoms with Gasteiger partial charge in [0.2, 0.25) is 11.8 Å². The largest absolute Gasteiger partial charge is 0.477 e. The van der Waals surface area contributed by atoms with E-state index >= 15 is 0 Å². The summed E-state index contributed by atoms with van der Waals surface area (Å²) >= 11 is 0. The van der Waals surface area contributed by atoms with Crippen LogP contribution in [0.2, 0.25) is 0 Å². The molecule has 5 heterocycles. The lowest BCUT2D eigenvalue weighted by Crippen LogP contribution is -2.54. The molecule has 220 valence electrons. The first-order valence-corrected chi connectivity index (χ1v) is 13.9. The van der Waals surface area contributed by atoms with Crippen LogP contribution in [0.25, 0.3) is 11.3 Å². The number of amides is 1. The molecule has 1 atom stereocenters. The maximum absolute atomic E-state index is 14.0. The molecule has 0 radical (unpaired) electrons. The van der Waals surface area contributed by atoms with Crippen LogP contribution in [0.3, 0.4) is 0 Å². The van der Waals surface area contributed by atoms with Crippen molar-refractivity contribution in [1.82, 2.24) is 25.2 Å². The summed E-state index contributed by atoms with van der Waals surface area (Å²) < 4.78 is 45.2. The third kappa shape index (κ3) is 5.87. The summed E-state index contributed by atoms with van der Waals surface area (Å²) in [5.74, 6) is 0.379. The van der Waals surface area contributed by atoms with Crippen molar-refractivity contribution in [3.05, 3.63) is 65.7 Å². The second-order valence-corrected chi connectivity index (χ2v) is 10.7. The first-order chi connectivity index (χ1) is 20.1. The van der Waals surface area contributed by atoms with Gasteiger partial charge in [0.15, 0.2) is 5.69 Å². The molecule has 2 aliphatic rings. The highest BCUT2D eigenvalue weighted by atomic mass is 19.4. The van der Waals surface area contributed by atoms with E-state index in [1.807, 2.05) is 43.1 Å². The minimum absolute atomic E-state index is 0.0260. The van der Waals surface area contributed by atoms with Crippen LogP contribution in [-0.2, 0) is 16.4 Å². The van der Waals surface area contributed by atoms with Gasteiger partial charge >= 0.3 is 6.18 Å². The third-order valence-corrected chi connectivity index (χ3v) is 8.03. The van der Waals surface area contributed by atoms with Gasteiger partial charge in [0.1, 0.15) is 11.8 Å². The summed E-state index contributed by atoms with van der Waals surface area (Å²) in [4.78, 5) is 30.6. The second-order valence-electron chi connectivity index (χ2n) is 10.7. The number of likely N-dealkylation sites (tertiary alicyclic amines) is 1. The molecule has 0 aromatic carbocycles. The van der Waals surface area contributed by atoms with Gasteiger partial charge in [-0.05, 0) is 75.7 Å². The zero-order valence-corrected chi connectivity index (χ0v) is 23.5. The Morgan fingerprint density at radius 3 is 2.57 bits per heavy atom. The molecule has 0 spiro atoms. The molecule has 2 saturated heterocycles. The Kier molecular flexibility index (Phi) is 8.31. The molecule has 0 bridgehead atoms. The second kappa shape index (κ2) is 11.9. The van der Waals surface area contributed by atoms with Crippen molar-refractivity contribution in [2.75, 3.05) is 44.7 Å². The predicted molar refractivity (Wildman–Crippen MR) is 150 cm³/mol. The van der Waals surface area contributed by atoms with E-state index in [2.05, 4.69) is 20.2 Å². The molecule has 0 aliphatic carbocycles. The number of carbonyl (C=O) groups excluding carboxylic acids is 1. The normalized spacial score (nSPS) is 18.9. The topological polar surface area (TPSA) is 107 Å². The Morgan fingerprint density at radius 2 is 1.95 bits per heavy atom. The standard InChI is InChI=1S/C30H32F3N7O2/c1-3-42-27-22(5-4-13-35-27)23-7-6-20(18-36-23)29(28(41)37-21-10-14-39(2)19-21)11-15-40(16-12-29)25-8-9-26(30(31,32)33)38-24(25)17-34/h4-9,13,18,21H,3,10-12,14-16,19H2,1-2H3,(H,37,41)/t21-/m0/s1. The van der Waals surface area contributed by atoms with Gasteiger partial charge in [-0.25, -0.2) is 9.97 Å². The molecule has 42 heavy (non-hydrogen) atoms. The number of hydrogen-bond donors (Lipinski definition) is 1. The molecule has 0 unspecified atom stereocenters. The molecule has 2 fully saturated rings. The number of anilines is 1. The number of piperidine rings is 1. The van der Waals surface area contributed by atoms with Gasteiger partial charge in [0.05, 0.1) is 29.0 Å². The highest BCUT2D eigenvalue weighted by molar-refractivity contribution is 5.89. The Hall–Kier alpha value is -4.24. The van der Waals surface area contributed by atoms with Gasteiger partial charge in [-0.1, -0.05) is 6.07 Å². The van der Waals surface area contributed by atoms with Crippen LogP contribution >= 0.6 is 0 Å². The number of likely N-dealkylation sites (N-methyl/N-ethyl adjacent to an activating group) is 1. The number of hydrogen-bond acceptors (Lipinski definition) is 8. The summed E-state index contributed by atoms with van der Waals surface area (Å²) in [5.41, 5.74) is 0.175. The minimum Gasteiger partial charge on any atom is -0.477 e. The summed E-state index contributed by atoms with van der Waals surface area (Å²) in [6, 6.07) is 11.5. The Labute approximate surface area is 242 Å². The number of rotatable bonds is 7. The SMILES string of the molecule is CCOc1ncccc1-c1ccc(C2(C(=O)N[C@H]3CCN(C)C3)CCN(c3ccc(C(F)(F)F)nc3C#N)CC2)cn1. The number of halogens is 3. The molecule has 5 rings (SSSR count). The van der Waals surface area contributed by atoms with Crippen molar-refractivity contribution in [1.29, 1.82) is 5.26 Å². The quantitative estimate of drug-likeness (QED) is 0.444. The van der Waals surface area contributed by atoms with Gasteiger partial charge in [0, 0.05) is 38.1 Å². The third-order valence-electron chi connectivity index (χ3n) is 8.03. The summed E-state index contributed by atoms with van der Waals surface area (Å²) in [6.45, 7) is 4.69. The smallest absolute Gasteiger partial charge is 0.433 e. The molecular formula is C30H32F3N7O2. The van der Waals surface area contributed by atoms with Crippen LogP contribution in [0.15, 0.2) is 48.8 Å². The Bertz CT molecular complexity index is 1460. The maximum Gasteiger partial charge on any atom is 0.433 e. The lowest BCUT2D eigenvalue weighted by atomic mass is 9.72. The lowest BCUT2D eigenvalue weighted by Gasteiger charge is -2.42. The van der Waals surface area contributed by atoms with Gasteiger partial charge in [-0.15, -0.1) is 0 Å². The van der Waals surface area contributed by atoms with E-state index < -0.39 is 17.3 Å². The molecular weight excluding hydrogens is 547 g/mol. The van der Waals surface area contributed by atoms with E-state index in [1.54, 1.807) is 18.5 Å². The molecule has 3 aromatic heterocycles. The zero-order chi connectivity index (χ0) is 29.9. The van der Waals surface area contributed by atoms with Crippen molar-refractivity contribution in [3.8, 4) is 23.2 Å². The molecule has 2 aliphatic heterocycles. The lowest BCUT2D eigenvalue weighted by molar-refractivity contribution is -0.141. The summed E-state index contributed by atoms with van der Waals surface area (Å²) in [7, 11) is 2.02. The van der Waals surface area contributed by atoms with Crippen LogP contribution in [0.1, 0.15) is 43.1 Å². The van der Waals surface area contributed by atoms with Crippen LogP contribution in [0, 0.1) is 11.3 Å². The van der Waals surface area contributed by atoms with Crippen molar-refractivity contribution in [3.63, 3.8) is 0 Å². The van der Waals surface area contributed by atoms with Crippen LogP contribution < -0.4 is 15.0 Å². The van der Waals surface area contributed by atoms with E-state index in [1.165, 1.54) is 6.07 Å². The Morgan fingerprint density at radius 1 is 1.17 bits per heavy atom. The van der Waals surface area contributed by atoms with E-state index in [-0.39, 0.29) is 17.6 Å². The van der Waals surface area contributed by atoms with Crippen LogP contribution in [0.4, 0.5) is 18.9 Å². The van der Waals surface area contributed by atoms with Gasteiger partial charge in [-0.2, -0.15) is 18.4 Å². The first kappa shape index (κ1) is 29.3. The number of ether oxygens (including phenoxy) is 1. The number of nitrogens with one attached hydrogen (secondary N) is 1. The first-order valence-electron chi connectivity index (χ1n) is 13.9. The number of aromatic nitrogens is 3. The fourth-order valence-corrected chi connectivity index (χ4v) is 5.77. The molecule has 9 nitrogen and oxygen atoms in total.